The van der Waals surface area contributed by atoms with Crippen LogP contribution in [0.15, 0.2) is 12.1 Å². The summed E-state index contributed by atoms with van der Waals surface area (Å²) in [5, 5.41) is 0.802. The van der Waals surface area contributed by atoms with Gasteiger partial charge in [-0.25, -0.2) is 8.42 Å². The molecule has 3 nitrogen and oxygen atoms in total. The number of anilines is 1. The van der Waals surface area contributed by atoms with E-state index in [0.717, 1.165) is 5.56 Å². The zero-order valence-corrected chi connectivity index (χ0v) is 12.9. The molecular formula is C11H14Cl3NO2S. The number of unbranched alkanes of at least 4 members (excludes halogenated alkanes) is 1. The van der Waals surface area contributed by atoms with Gasteiger partial charge in [0, 0.05) is 10.9 Å². The molecule has 0 aliphatic heterocycles. The van der Waals surface area contributed by atoms with Crippen LogP contribution in [0.2, 0.25) is 10.0 Å². The monoisotopic (exact) mass is 329 g/mol. The lowest BCUT2D eigenvalue weighted by Crippen LogP contribution is -2.17. The Labute approximate surface area is 122 Å². The van der Waals surface area contributed by atoms with E-state index in [1.807, 2.05) is 0 Å². The first-order valence-corrected chi connectivity index (χ1v) is 8.32. The number of alkyl halides is 1. The van der Waals surface area contributed by atoms with Crippen molar-refractivity contribution >= 4 is 50.5 Å². The number of sulfonamides is 1. The summed E-state index contributed by atoms with van der Waals surface area (Å²) in [6.07, 6.45) is 1.17. The zero-order valence-electron chi connectivity index (χ0n) is 9.84. The fourth-order valence-electron chi connectivity index (χ4n) is 1.33. The molecule has 1 rings (SSSR count). The maximum atomic E-state index is 11.8. The van der Waals surface area contributed by atoms with Crippen LogP contribution in [0.4, 0.5) is 5.69 Å². The smallest absolute Gasteiger partial charge is 0.232 e. The van der Waals surface area contributed by atoms with E-state index in [1.54, 1.807) is 13.0 Å². The van der Waals surface area contributed by atoms with Crippen LogP contribution in [0.1, 0.15) is 18.4 Å². The summed E-state index contributed by atoms with van der Waals surface area (Å²) in [6.45, 7) is 1.80. The van der Waals surface area contributed by atoms with E-state index in [-0.39, 0.29) is 5.75 Å². The fourth-order valence-corrected chi connectivity index (χ4v) is 3.19. The minimum absolute atomic E-state index is 0.0154. The van der Waals surface area contributed by atoms with E-state index in [4.69, 9.17) is 34.8 Å². The lowest BCUT2D eigenvalue weighted by atomic mass is 10.2. The highest BCUT2D eigenvalue weighted by Crippen LogP contribution is 2.29. The highest BCUT2D eigenvalue weighted by Gasteiger charge is 2.13. The minimum Gasteiger partial charge on any atom is -0.282 e. The first kappa shape index (κ1) is 15.9. The van der Waals surface area contributed by atoms with Crippen LogP contribution in [-0.2, 0) is 10.0 Å². The number of hydrogen-bond acceptors (Lipinski definition) is 2. The number of hydrogen-bond donors (Lipinski definition) is 1. The van der Waals surface area contributed by atoms with Crippen molar-refractivity contribution in [1.29, 1.82) is 0 Å². The van der Waals surface area contributed by atoms with Crippen molar-refractivity contribution in [1.82, 2.24) is 0 Å². The van der Waals surface area contributed by atoms with Crippen molar-refractivity contribution in [2.75, 3.05) is 16.4 Å². The molecule has 0 unspecified atom stereocenters. The van der Waals surface area contributed by atoms with E-state index in [2.05, 4.69) is 4.72 Å². The third-order valence-corrected chi connectivity index (χ3v) is 4.65. The molecule has 0 bridgehead atoms. The number of halogens is 3. The average molecular weight is 331 g/mol. The van der Waals surface area contributed by atoms with Crippen molar-refractivity contribution in [3.63, 3.8) is 0 Å². The molecule has 102 valence electrons. The molecule has 0 fully saturated rings. The molecule has 1 aromatic rings. The number of aryl methyl sites for hydroxylation is 1. The van der Waals surface area contributed by atoms with Crippen molar-refractivity contribution < 1.29 is 8.42 Å². The molecule has 0 radical (unpaired) electrons. The second-order valence-electron chi connectivity index (χ2n) is 3.90. The second kappa shape index (κ2) is 6.85. The van der Waals surface area contributed by atoms with Crippen molar-refractivity contribution in [2.24, 2.45) is 0 Å². The molecule has 1 aromatic carbocycles. The summed E-state index contributed by atoms with van der Waals surface area (Å²) in [4.78, 5) is 0. The van der Waals surface area contributed by atoms with Gasteiger partial charge in [0.25, 0.3) is 0 Å². The van der Waals surface area contributed by atoms with Gasteiger partial charge in [-0.1, -0.05) is 23.2 Å². The van der Waals surface area contributed by atoms with Crippen LogP contribution in [0, 0.1) is 6.92 Å². The molecular weight excluding hydrogens is 317 g/mol. The van der Waals surface area contributed by atoms with Crippen LogP contribution < -0.4 is 4.72 Å². The molecule has 18 heavy (non-hydrogen) atoms. The zero-order chi connectivity index (χ0) is 13.8. The Morgan fingerprint density at radius 2 is 1.83 bits per heavy atom. The third kappa shape index (κ3) is 4.84. The van der Waals surface area contributed by atoms with E-state index >= 15 is 0 Å². The van der Waals surface area contributed by atoms with Gasteiger partial charge in [-0.2, -0.15) is 0 Å². The largest absolute Gasteiger partial charge is 0.282 e. The van der Waals surface area contributed by atoms with E-state index < -0.39 is 10.0 Å². The molecule has 0 spiro atoms. The predicted molar refractivity (Wildman–Crippen MR) is 78.6 cm³/mol. The van der Waals surface area contributed by atoms with E-state index in [9.17, 15) is 8.42 Å². The predicted octanol–water partition coefficient (Wildman–Crippen LogP) is 4.06. The molecule has 0 heterocycles. The van der Waals surface area contributed by atoms with Gasteiger partial charge in [-0.15, -0.1) is 11.6 Å². The van der Waals surface area contributed by atoms with E-state index in [0.29, 0.717) is 34.5 Å². The fraction of sp³-hybridized carbons (Fsp3) is 0.455. The van der Waals surface area contributed by atoms with Gasteiger partial charge in [0.05, 0.1) is 16.5 Å². The van der Waals surface area contributed by atoms with Gasteiger partial charge in [0.2, 0.25) is 10.0 Å². The van der Waals surface area contributed by atoms with E-state index in [1.165, 1.54) is 6.07 Å². The molecule has 0 amide bonds. The Morgan fingerprint density at radius 1 is 1.17 bits per heavy atom. The SMILES string of the molecule is Cc1cc(Cl)c(NS(=O)(=O)CCCCCl)cc1Cl. The Morgan fingerprint density at radius 3 is 2.44 bits per heavy atom. The summed E-state index contributed by atoms with van der Waals surface area (Å²) < 4.78 is 26.0. The van der Waals surface area contributed by atoms with Crippen molar-refractivity contribution in [2.45, 2.75) is 19.8 Å². The van der Waals surface area contributed by atoms with Crippen LogP contribution in [-0.4, -0.2) is 20.1 Å². The lowest BCUT2D eigenvalue weighted by molar-refractivity contribution is 0.598. The summed E-state index contributed by atoms with van der Waals surface area (Å²) in [5.74, 6) is 0.466. The maximum Gasteiger partial charge on any atom is 0.232 e. The lowest BCUT2D eigenvalue weighted by Gasteiger charge is -2.10. The Kier molecular flexibility index (Phi) is 6.05. The third-order valence-electron chi connectivity index (χ3n) is 2.31. The Balaban J connectivity index is 2.81. The molecule has 0 aliphatic carbocycles. The standard InChI is InChI=1S/C11H14Cl3NO2S/c1-8-6-10(14)11(7-9(8)13)15-18(16,17)5-3-2-4-12/h6-7,15H,2-5H2,1H3. The number of rotatable bonds is 6. The number of benzene rings is 1. The molecule has 0 atom stereocenters. The summed E-state index contributed by atoms with van der Waals surface area (Å²) in [5.41, 5.74) is 1.10. The Bertz CT molecular complexity index is 517. The summed E-state index contributed by atoms with van der Waals surface area (Å²) >= 11 is 17.4. The van der Waals surface area contributed by atoms with Crippen molar-refractivity contribution in [3.8, 4) is 0 Å². The average Bonchev–Trinajstić information content (AvgIpc) is 2.26. The highest BCUT2D eigenvalue weighted by molar-refractivity contribution is 7.92. The quantitative estimate of drug-likeness (QED) is 0.631. The topological polar surface area (TPSA) is 46.2 Å². The molecule has 7 heteroatoms. The van der Waals surface area contributed by atoms with Crippen LogP contribution >= 0.6 is 34.8 Å². The van der Waals surface area contributed by atoms with Gasteiger partial charge in [0.15, 0.2) is 0 Å². The molecule has 1 N–H and O–H groups in total. The minimum atomic E-state index is -3.41. The van der Waals surface area contributed by atoms with Gasteiger partial charge < -0.3 is 0 Å². The first-order valence-electron chi connectivity index (χ1n) is 5.38. The molecule has 0 aliphatic rings. The van der Waals surface area contributed by atoms with Crippen molar-refractivity contribution in [3.05, 3.63) is 27.7 Å². The molecule has 0 saturated heterocycles. The number of nitrogens with one attached hydrogen (secondary N) is 1. The van der Waals surface area contributed by atoms with Crippen LogP contribution in [0.3, 0.4) is 0 Å². The maximum absolute atomic E-state index is 11.8. The first-order chi connectivity index (χ1) is 8.35. The molecule has 0 aromatic heterocycles. The van der Waals surface area contributed by atoms with Gasteiger partial charge in [-0.05, 0) is 37.5 Å². The van der Waals surface area contributed by atoms with Crippen LogP contribution in [0.25, 0.3) is 0 Å². The van der Waals surface area contributed by atoms with Crippen LogP contribution in [0.5, 0.6) is 0 Å². The summed E-state index contributed by atoms with van der Waals surface area (Å²) in [7, 11) is -3.41. The normalized spacial score (nSPS) is 11.6. The van der Waals surface area contributed by atoms with Gasteiger partial charge >= 0.3 is 0 Å². The highest BCUT2D eigenvalue weighted by atomic mass is 35.5. The summed E-state index contributed by atoms with van der Waals surface area (Å²) in [6, 6.07) is 3.14. The van der Waals surface area contributed by atoms with Gasteiger partial charge in [-0.3, -0.25) is 4.72 Å². The Hall–Kier alpha value is -0.160. The van der Waals surface area contributed by atoms with Gasteiger partial charge in [0.1, 0.15) is 0 Å². The molecule has 0 saturated carbocycles. The second-order valence-corrected chi connectivity index (χ2v) is 6.93.